The van der Waals surface area contributed by atoms with Crippen molar-refractivity contribution in [2.45, 2.75) is 25.2 Å². The number of hydrogen-bond donors (Lipinski definition) is 0. The van der Waals surface area contributed by atoms with Crippen molar-refractivity contribution >= 4 is 5.78 Å². The Balaban J connectivity index is 2.82. The van der Waals surface area contributed by atoms with Gasteiger partial charge < -0.3 is 14.2 Å². The lowest BCUT2D eigenvalue weighted by atomic mass is 10.1. The van der Waals surface area contributed by atoms with Crippen LogP contribution in [-0.2, 0) is 19.0 Å². The molecule has 4 unspecified atom stereocenters. The quantitative estimate of drug-likeness (QED) is 0.637. The molecule has 0 aromatic heterocycles. The van der Waals surface area contributed by atoms with Crippen LogP contribution in [0.15, 0.2) is 0 Å². The number of ketones is 1. The van der Waals surface area contributed by atoms with E-state index in [4.69, 9.17) is 14.2 Å². The fraction of sp³-hybridized carbons (Fsp3) is 0.889. The highest BCUT2D eigenvalue weighted by molar-refractivity contribution is 5.89. The molecule has 76 valence electrons. The number of carbonyl (C=O) groups is 1. The summed E-state index contributed by atoms with van der Waals surface area (Å²) in [6.45, 7) is 1.83. The molecule has 0 N–H and O–H groups in total. The summed E-state index contributed by atoms with van der Waals surface area (Å²) in [5, 5.41) is 0. The van der Waals surface area contributed by atoms with Crippen LogP contribution in [0.25, 0.3) is 0 Å². The van der Waals surface area contributed by atoms with Gasteiger partial charge in [0.15, 0.2) is 5.78 Å². The average Bonchev–Trinajstić information content (AvgIpc) is 2.38. The van der Waals surface area contributed by atoms with Crippen molar-refractivity contribution in [3.05, 3.63) is 0 Å². The van der Waals surface area contributed by atoms with Crippen LogP contribution in [0, 0.1) is 5.92 Å². The number of carbonyl (C=O) groups excluding carboxylic acids is 1. The van der Waals surface area contributed by atoms with Gasteiger partial charge >= 0.3 is 0 Å². The molecule has 0 radical (unpaired) electrons. The van der Waals surface area contributed by atoms with Crippen molar-refractivity contribution in [1.82, 2.24) is 0 Å². The van der Waals surface area contributed by atoms with Gasteiger partial charge in [0.25, 0.3) is 0 Å². The van der Waals surface area contributed by atoms with Crippen molar-refractivity contribution in [3.8, 4) is 0 Å². The third kappa shape index (κ3) is 1.61. The van der Waals surface area contributed by atoms with Crippen molar-refractivity contribution in [1.29, 1.82) is 0 Å². The molecule has 0 amide bonds. The summed E-state index contributed by atoms with van der Waals surface area (Å²) in [6.07, 6.45) is -0.954. The van der Waals surface area contributed by atoms with Crippen LogP contribution in [-0.4, -0.2) is 45.4 Å². The van der Waals surface area contributed by atoms with E-state index in [1.54, 1.807) is 14.2 Å². The summed E-state index contributed by atoms with van der Waals surface area (Å²) in [4.78, 5) is 11.6. The maximum Gasteiger partial charge on any atom is 0.169 e. The van der Waals surface area contributed by atoms with Crippen LogP contribution in [0.2, 0.25) is 0 Å². The van der Waals surface area contributed by atoms with Crippen LogP contribution < -0.4 is 0 Å². The van der Waals surface area contributed by atoms with Gasteiger partial charge in [-0.25, -0.2) is 0 Å². The number of ether oxygens (including phenoxy) is 3. The Morgan fingerprint density at radius 2 is 1.54 bits per heavy atom. The van der Waals surface area contributed by atoms with Crippen LogP contribution in [0.4, 0.5) is 0 Å². The first-order valence-electron chi connectivity index (χ1n) is 4.29. The van der Waals surface area contributed by atoms with Gasteiger partial charge in [-0.15, -0.1) is 0 Å². The average molecular weight is 188 g/mol. The molecule has 4 heteroatoms. The molecule has 1 rings (SSSR count). The molecule has 0 spiro atoms. The van der Waals surface area contributed by atoms with Crippen LogP contribution in [0.3, 0.4) is 0 Å². The molecule has 4 atom stereocenters. The lowest BCUT2D eigenvalue weighted by molar-refractivity contribution is -0.132. The standard InChI is InChI=1S/C9H16O4/c1-5-6(10)8(12-3)9(13-4)7(5)11-2/h5,7-9H,1-4H3. The van der Waals surface area contributed by atoms with E-state index in [0.29, 0.717) is 0 Å². The normalized spacial score (nSPS) is 39.8. The maximum atomic E-state index is 11.6. The predicted octanol–water partition coefficient (Wildman–Crippen LogP) is 0.250. The molecular formula is C9H16O4. The Morgan fingerprint density at radius 1 is 1.00 bits per heavy atom. The zero-order valence-corrected chi connectivity index (χ0v) is 8.44. The molecule has 0 saturated heterocycles. The van der Waals surface area contributed by atoms with Crippen LogP contribution in [0.1, 0.15) is 6.92 Å². The zero-order chi connectivity index (χ0) is 10.0. The van der Waals surface area contributed by atoms with E-state index in [-0.39, 0.29) is 23.9 Å². The van der Waals surface area contributed by atoms with Gasteiger partial charge in [-0.3, -0.25) is 4.79 Å². The van der Waals surface area contributed by atoms with Crippen LogP contribution in [0.5, 0.6) is 0 Å². The highest BCUT2D eigenvalue weighted by atomic mass is 16.6. The fourth-order valence-electron chi connectivity index (χ4n) is 1.89. The van der Waals surface area contributed by atoms with Gasteiger partial charge in [0, 0.05) is 27.2 Å². The van der Waals surface area contributed by atoms with Gasteiger partial charge in [-0.05, 0) is 0 Å². The second-order valence-electron chi connectivity index (χ2n) is 3.25. The van der Waals surface area contributed by atoms with Gasteiger partial charge in [-0.2, -0.15) is 0 Å². The second-order valence-corrected chi connectivity index (χ2v) is 3.25. The van der Waals surface area contributed by atoms with Gasteiger partial charge in [0.2, 0.25) is 0 Å². The van der Waals surface area contributed by atoms with Crippen LogP contribution >= 0.6 is 0 Å². The minimum atomic E-state index is -0.482. The predicted molar refractivity (Wildman–Crippen MR) is 46.6 cm³/mol. The van der Waals surface area contributed by atoms with E-state index in [1.165, 1.54) is 7.11 Å². The van der Waals surface area contributed by atoms with E-state index >= 15 is 0 Å². The SMILES string of the molecule is COC1C(=O)C(C)C(OC)C1OC. The molecule has 0 heterocycles. The van der Waals surface area contributed by atoms with E-state index in [2.05, 4.69) is 0 Å². The third-order valence-electron chi connectivity index (χ3n) is 2.64. The van der Waals surface area contributed by atoms with Crippen molar-refractivity contribution < 1.29 is 19.0 Å². The molecular weight excluding hydrogens is 172 g/mol. The fourth-order valence-corrected chi connectivity index (χ4v) is 1.89. The second kappa shape index (κ2) is 4.17. The molecule has 1 aliphatic rings. The Hall–Kier alpha value is -0.450. The van der Waals surface area contributed by atoms with Gasteiger partial charge in [0.1, 0.15) is 12.2 Å². The highest BCUT2D eigenvalue weighted by Gasteiger charge is 2.48. The first-order valence-corrected chi connectivity index (χ1v) is 4.29. The largest absolute Gasteiger partial charge is 0.378 e. The summed E-state index contributed by atoms with van der Waals surface area (Å²) in [7, 11) is 4.66. The lowest BCUT2D eigenvalue weighted by Gasteiger charge is -2.20. The van der Waals surface area contributed by atoms with Gasteiger partial charge in [0.05, 0.1) is 6.10 Å². The van der Waals surface area contributed by atoms with Crippen molar-refractivity contribution in [2.75, 3.05) is 21.3 Å². The molecule has 1 saturated carbocycles. The third-order valence-corrected chi connectivity index (χ3v) is 2.64. The smallest absolute Gasteiger partial charge is 0.169 e. The first kappa shape index (κ1) is 10.6. The summed E-state index contributed by atoms with van der Waals surface area (Å²) >= 11 is 0. The Labute approximate surface area is 78.2 Å². The summed E-state index contributed by atoms with van der Waals surface area (Å²) in [5.74, 6) is -0.0962. The topological polar surface area (TPSA) is 44.8 Å². The Kier molecular flexibility index (Phi) is 3.41. The number of methoxy groups -OCH3 is 3. The monoisotopic (exact) mass is 188 g/mol. The minimum Gasteiger partial charge on any atom is -0.378 e. The molecule has 1 fully saturated rings. The molecule has 13 heavy (non-hydrogen) atoms. The molecule has 0 aliphatic heterocycles. The maximum absolute atomic E-state index is 11.6. The van der Waals surface area contributed by atoms with Crippen molar-refractivity contribution in [2.24, 2.45) is 5.92 Å². The van der Waals surface area contributed by atoms with E-state index in [0.717, 1.165) is 0 Å². The lowest BCUT2D eigenvalue weighted by Crippen LogP contribution is -2.35. The van der Waals surface area contributed by atoms with Crippen molar-refractivity contribution in [3.63, 3.8) is 0 Å². The number of Topliss-reactive ketones (excluding diaryl/α,β-unsaturated/α-hetero) is 1. The molecule has 0 aromatic carbocycles. The van der Waals surface area contributed by atoms with E-state index in [9.17, 15) is 4.79 Å². The summed E-state index contributed by atoms with van der Waals surface area (Å²) < 4.78 is 15.5. The summed E-state index contributed by atoms with van der Waals surface area (Å²) in [6, 6.07) is 0. The number of hydrogen-bond acceptors (Lipinski definition) is 4. The number of rotatable bonds is 3. The minimum absolute atomic E-state index is 0.0567. The highest BCUT2D eigenvalue weighted by Crippen LogP contribution is 2.28. The Morgan fingerprint density at radius 3 is 1.92 bits per heavy atom. The van der Waals surface area contributed by atoms with E-state index < -0.39 is 6.10 Å². The summed E-state index contributed by atoms with van der Waals surface area (Å²) in [5.41, 5.74) is 0. The molecule has 0 bridgehead atoms. The Bertz CT molecular complexity index is 192. The van der Waals surface area contributed by atoms with E-state index in [1.807, 2.05) is 6.92 Å². The zero-order valence-electron chi connectivity index (χ0n) is 8.44. The first-order chi connectivity index (χ1) is 6.17. The molecule has 0 aromatic rings. The molecule has 1 aliphatic carbocycles. The van der Waals surface area contributed by atoms with Gasteiger partial charge in [-0.1, -0.05) is 6.92 Å². The molecule has 4 nitrogen and oxygen atoms in total.